The number of nitrogens with two attached hydrogens (primary N) is 1. The molecule has 3 aromatic heterocycles. The fourth-order valence-corrected chi connectivity index (χ4v) is 3.95. The predicted octanol–water partition coefficient (Wildman–Crippen LogP) is 3.68. The molecule has 3 N–H and O–H groups in total. The van der Waals surface area contributed by atoms with Crippen LogP contribution in [0.25, 0.3) is 10.8 Å². The van der Waals surface area contributed by atoms with Gasteiger partial charge in [0.25, 0.3) is 5.91 Å². The number of pyridine rings is 1. The van der Waals surface area contributed by atoms with Crippen molar-refractivity contribution in [3.05, 3.63) is 113 Å². The van der Waals surface area contributed by atoms with E-state index in [-0.39, 0.29) is 5.91 Å². The topological polar surface area (TPSA) is 112 Å². The maximum absolute atomic E-state index is 12.7. The van der Waals surface area contributed by atoms with Crippen LogP contribution in [0.4, 0.5) is 5.82 Å². The molecule has 0 fully saturated rings. The summed E-state index contributed by atoms with van der Waals surface area (Å²) in [5.41, 5.74) is 11.3. The first-order valence-corrected chi connectivity index (χ1v) is 11.3. The Kier molecular flexibility index (Phi) is 6.17. The summed E-state index contributed by atoms with van der Waals surface area (Å²) in [6.45, 7) is 3.13. The number of nitrogens with zero attached hydrogens (tertiary/aromatic N) is 5. The van der Waals surface area contributed by atoms with Gasteiger partial charge in [0.2, 0.25) is 0 Å². The zero-order valence-corrected chi connectivity index (χ0v) is 19.3. The van der Waals surface area contributed by atoms with E-state index in [1.807, 2.05) is 48.3 Å². The molecule has 5 rings (SSSR count). The lowest BCUT2D eigenvalue weighted by molar-refractivity contribution is 0.0945. The predicted molar refractivity (Wildman–Crippen MR) is 135 cm³/mol. The van der Waals surface area contributed by atoms with Crippen LogP contribution >= 0.6 is 0 Å². The van der Waals surface area contributed by atoms with Gasteiger partial charge in [-0.1, -0.05) is 36.4 Å². The molecule has 3 heterocycles. The van der Waals surface area contributed by atoms with Gasteiger partial charge in [0, 0.05) is 36.9 Å². The van der Waals surface area contributed by atoms with E-state index in [2.05, 4.69) is 49.6 Å². The van der Waals surface area contributed by atoms with E-state index < -0.39 is 0 Å². The highest BCUT2D eigenvalue weighted by Crippen LogP contribution is 2.20. The Hall–Kier alpha value is -4.59. The van der Waals surface area contributed by atoms with Gasteiger partial charge in [-0.25, -0.2) is 9.97 Å². The summed E-state index contributed by atoms with van der Waals surface area (Å²) in [6.07, 6.45) is 9.32. The molecule has 0 saturated heterocycles. The van der Waals surface area contributed by atoms with Gasteiger partial charge in [-0.15, -0.1) is 0 Å². The number of amides is 1. The molecule has 5 aromatic rings. The van der Waals surface area contributed by atoms with E-state index in [1.165, 1.54) is 11.8 Å². The summed E-state index contributed by atoms with van der Waals surface area (Å²) >= 11 is 0. The number of aryl methyl sites for hydroxylation is 1. The molecule has 0 bridgehead atoms. The summed E-state index contributed by atoms with van der Waals surface area (Å²) in [4.78, 5) is 25.6. The number of hydrogen-bond acceptors (Lipinski definition) is 6. The molecule has 0 aliphatic heterocycles. The van der Waals surface area contributed by atoms with Crippen molar-refractivity contribution in [2.45, 2.75) is 26.4 Å². The van der Waals surface area contributed by atoms with Crippen LogP contribution in [-0.4, -0.2) is 30.6 Å². The van der Waals surface area contributed by atoms with Crippen molar-refractivity contribution in [1.29, 1.82) is 0 Å². The number of carbonyl (C=O) groups is 1. The smallest absolute Gasteiger partial charge is 0.271 e. The van der Waals surface area contributed by atoms with Gasteiger partial charge >= 0.3 is 0 Å². The van der Waals surface area contributed by atoms with Gasteiger partial charge < -0.3 is 11.1 Å². The van der Waals surface area contributed by atoms with Crippen molar-refractivity contribution in [2.24, 2.45) is 0 Å². The molecule has 0 aliphatic rings. The van der Waals surface area contributed by atoms with Crippen molar-refractivity contribution < 1.29 is 4.79 Å². The maximum Gasteiger partial charge on any atom is 0.271 e. The molecule has 8 nitrogen and oxygen atoms in total. The number of nitrogen functional groups attached to an aromatic ring is 1. The fraction of sp³-hybridized carbons (Fsp3) is 0.148. The lowest BCUT2D eigenvalue weighted by atomic mass is 10.1. The second kappa shape index (κ2) is 9.72. The second-order valence-corrected chi connectivity index (χ2v) is 8.54. The number of aromatic nitrogens is 5. The Balaban J connectivity index is 1.21. The van der Waals surface area contributed by atoms with Gasteiger partial charge in [0.1, 0.15) is 11.5 Å². The van der Waals surface area contributed by atoms with Crippen LogP contribution in [0.2, 0.25) is 0 Å². The molecule has 8 heteroatoms. The van der Waals surface area contributed by atoms with Crippen molar-refractivity contribution in [3.8, 4) is 0 Å². The molecule has 0 atom stereocenters. The van der Waals surface area contributed by atoms with Crippen LogP contribution in [0.5, 0.6) is 0 Å². The number of anilines is 1. The average molecular weight is 464 g/mol. The maximum atomic E-state index is 12.7. The lowest BCUT2D eigenvalue weighted by Crippen LogP contribution is -2.24. The third kappa shape index (κ3) is 5.33. The first-order chi connectivity index (χ1) is 17.0. The van der Waals surface area contributed by atoms with Crippen LogP contribution in [0.15, 0.2) is 79.5 Å². The number of hydrogen-bond donors (Lipinski definition) is 2. The molecule has 174 valence electrons. The van der Waals surface area contributed by atoms with Crippen LogP contribution < -0.4 is 11.1 Å². The first kappa shape index (κ1) is 22.2. The van der Waals surface area contributed by atoms with E-state index in [0.29, 0.717) is 24.5 Å². The van der Waals surface area contributed by atoms with E-state index in [1.54, 1.807) is 12.4 Å². The number of fused-ring (bicyclic) bond motifs is 1. The van der Waals surface area contributed by atoms with Crippen molar-refractivity contribution in [2.75, 3.05) is 5.73 Å². The number of rotatable bonds is 7. The molecule has 0 saturated carbocycles. The summed E-state index contributed by atoms with van der Waals surface area (Å²) in [5.74, 6) is 0.228. The molecular weight excluding hydrogens is 438 g/mol. The average Bonchev–Trinajstić information content (AvgIpc) is 3.28. The monoisotopic (exact) mass is 463 g/mol. The SMILES string of the molecule is Cc1cnn(Cc2ccc(Cc3cncc(C(=O)NCc4ccc5c(N)nccc5c4)n3)cc2)c1. The molecule has 2 aromatic carbocycles. The molecule has 1 amide bonds. The second-order valence-electron chi connectivity index (χ2n) is 8.54. The molecule has 0 radical (unpaired) electrons. The lowest BCUT2D eigenvalue weighted by Gasteiger charge is -2.08. The Morgan fingerprint density at radius 1 is 1.00 bits per heavy atom. The first-order valence-electron chi connectivity index (χ1n) is 11.3. The van der Waals surface area contributed by atoms with Crippen molar-refractivity contribution in [3.63, 3.8) is 0 Å². The van der Waals surface area contributed by atoms with Gasteiger partial charge in [-0.3, -0.25) is 14.5 Å². The zero-order chi connectivity index (χ0) is 24.2. The van der Waals surface area contributed by atoms with E-state index in [0.717, 1.165) is 39.7 Å². The van der Waals surface area contributed by atoms with Gasteiger partial charge in [-0.2, -0.15) is 5.10 Å². The van der Waals surface area contributed by atoms with Gasteiger partial charge in [0.15, 0.2) is 0 Å². The number of benzene rings is 2. The molecular formula is C27H25N7O. The van der Waals surface area contributed by atoms with E-state index in [4.69, 9.17) is 5.73 Å². The van der Waals surface area contributed by atoms with Gasteiger partial charge in [0.05, 0.1) is 24.6 Å². The number of nitrogens with one attached hydrogen (secondary N) is 1. The molecule has 0 aliphatic carbocycles. The molecule has 35 heavy (non-hydrogen) atoms. The minimum absolute atomic E-state index is 0.265. The zero-order valence-electron chi connectivity index (χ0n) is 19.3. The third-order valence-corrected chi connectivity index (χ3v) is 5.74. The van der Waals surface area contributed by atoms with Crippen LogP contribution in [0.3, 0.4) is 0 Å². The highest BCUT2D eigenvalue weighted by atomic mass is 16.1. The highest BCUT2D eigenvalue weighted by Gasteiger charge is 2.10. The standard InChI is InChI=1S/C27H25N7O/c1-18-12-32-34(16-18)17-20-4-2-19(3-5-20)11-23-14-29-15-25(33-23)27(35)31-13-21-6-7-24-22(10-21)8-9-30-26(24)28/h2-10,12,14-16H,11,13,17H2,1H3,(H2,28,30)(H,31,35). The minimum Gasteiger partial charge on any atom is -0.383 e. The summed E-state index contributed by atoms with van der Waals surface area (Å²) in [7, 11) is 0. The normalized spacial score (nSPS) is 11.0. The van der Waals surface area contributed by atoms with Crippen LogP contribution in [0, 0.1) is 6.92 Å². The van der Waals surface area contributed by atoms with Crippen LogP contribution in [-0.2, 0) is 19.5 Å². The minimum atomic E-state index is -0.265. The largest absolute Gasteiger partial charge is 0.383 e. The molecule has 0 unspecified atom stereocenters. The quantitative estimate of drug-likeness (QED) is 0.381. The summed E-state index contributed by atoms with van der Waals surface area (Å²) in [6, 6.07) is 16.1. The Morgan fingerprint density at radius 3 is 2.60 bits per heavy atom. The Labute approximate surface area is 202 Å². The van der Waals surface area contributed by atoms with E-state index >= 15 is 0 Å². The Morgan fingerprint density at radius 2 is 1.80 bits per heavy atom. The van der Waals surface area contributed by atoms with Crippen LogP contribution in [0.1, 0.15) is 38.4 Å². The van der Waals surface area contributed by atoms with Crippen molar-refractivity contribution >= 4 is 22.5 Å². The highest BCUT2D eigenvalue weighted by molar-refractivity contribution is 5.93. The summed E-state index contributed by atoms with van der Waals surface area (Å²) in [5, 5.41) is 9.13. The summed E-state index contributed by atoms with van der Waals surface area (Å²) < 4.78 is 1.92. The Bertz CT molecular complexity index is 1490. The van der Waals surface area contributed by atoms with Crippen molar-refractivity contribution in [1.82, 2.24) is 30.0 Å². The fourth-order valence-electron chi connectivity index (χ4n) is 3.95. The third-order valence-electron chi connectivity index (χ3n) is 5.74. The number of carbonyl (C=O) groups excluding carboxylic acids is 1. The van der Waals surface area contributed by atoms with E-state index in [9.17, 15) is 4.79 Å². The molecule has 0 spiro atoms. The van der Waals surface area contributed by atoms with Gasteiger partial charge in [-0.05, 0) is 46.7 Å².